The van der Waals surface area contributed by atoms with Crippen LogP contribution in [0.4, 0.5) is 11.5 Å². The Hall–Kier alpha value is -1.96. The third-order valence-corrected chi connectivity index (χ3v) is 3.46. The Balaban J connectivity index is 2.10. The molecule has 0 spiro atoms. The van der Waals surface area contributed by atoms with Crippen LogP contribution in [0, 0.1) is 10.1 Å². The summed E-state index contributed by atoms with van der Waals surface area (Å²) in [4.78, 5) is 14.2. The zero-order valence-electron chi connectivity index (χ0n) is 11.1. The summed E-state index contributed by atoms with van der Waals surface area (Å²) in [6.07, 6.45) is 4.84. The summed E-state index contributed by atoms with van der Waals surface area (Å²) in [5.41, 5.74) is -0.291. The topological polar surface area (TPSA) is 85.9 Å². The van der Waals surface area contributed by atoms with E-state index in [-0.39, 0.29) is 11.2 Å². The SMILES string of the molecule is CC(C)(CNc1ncc([N+](=O)[O-])cc1Br)n1cccn1. The monoisotopic (exact) mass is 339 g/mol. The Morgan fingerprint density at radius 2 is 2.30 bits per heavy atom. The number of nitro groups is 1. The molecule has 0 aliphatic carbocycles. The molecule has 0 aromatic carbocycles. The highest BCUT2D eigenvalue weighted by molar-refractivity contribution is 9.10. The smallest absolute Gasteiger partial charge is 0.288 e. The molecule has 0 fully saturated rings. The number of rotatable bonds is 5. The van der Waals surface area contributed by atoms with Gasteiger partial charge in [-0.3, -0.25) is 14.8 Å². The average Bonchev–Trinajstić information content (AvgIpc) is 2.91. The second-order valence-corrected chi connectivity index (χ2v) is 5.75. The van der Waals surface area contributed by atoms with E-state index in [1.807, 2.05) is 30.8 Å². The van der Waals surface area contributed by atoms with Crippen LogP contribution < -0.4 is 5.32 Å². The molecule has 106 valence electrons. The Kier molecular flexibility index (Phi) is 4.03. The maximum absolute atomic E-state index is 10.6. The fourth-order valence-electron chi connectivity index (χ4n) is 1.67. The van der Waals surface area contributed by atoms with E-state index in [1.54, 1.807) is 6.20 Å². The molecule has 0 amide bonds. The summed E-state index contributed by atoms with van der Waals surface area (Å²) in [7, 11) is 0. The Morgan fingerprint density at radius 1 is 1.55 bits per heavy atom. The van der Waals surface area contributed by atoms with Gasteiger partial charge in [-0.05, 0) is 35.8 Å². The zero-order chi connectivity index (χ0) is 14.8. The van der Waals surface area contributed by atoms with Crippen LogP contribution in [0.25, 0.3) is 0 Å². The minimum atomic E-state index is -0.477. The number of halogens is 1. The van der Waals surface area contributed by atoms with Gasteiger partial charge in [0.05, 0.1) is 14.9 Å². The number of anilines is 1. The lowest BCUT2D eigenvalue weighted by Crippen LogP contribution is -2.35. The maximum atomic E-state index is 10.6. The molecule has 2 aromatic heterocycles. The largest absolute Gasteiger partial charge is 0.367 e. The molecule has 0 saturated heterocycles. The summed E-state index contributed by atoms with van der Waals surface area (Å²) in [5.74, 6) is 0.566. The van der Waals surface area contributed by atoms with E-state index in [0.29, 0.717) is 16.8 Å². The van der Waals surface area contributed by atoms with E-state index in [1.165, 1.54) is 12.3 Å². The normalized spacial score (nSPS) is 11.3. The van der Waals surface area contributed by atoms with Gasteiger partial charge in [-0.1, -0.05) is 0 Å². The average molecular weight is 340 g/mol. The van der Waals surface area contributed by atoms with Crippen LogP contribution in [0.3, 0.4) is 0 Å². The van der Waals surface area contributed by atoms with E-state index in [9.17, 15) is 10.1 Å². The van der Waals surface area contributed by atoms with Crippen molar-refractivity contribution in [3.05, 3.63) is 45.3 Å². The van der Waals surface area contributed by atoms with E-state index < -0.39 is 4.92 Å². The van der Waals surface area contributed by atoms with Gasteiger partial charge in [0.15, 0.2) is 0 Å². The third kappa shape index (κ3) is 3.13. The molecule has 7 nitrogen and oxygen atoms in total. The quantitative estimate of drug-likeness (QED) is 0.668. The minimum absolute atomic E-state index is 0.0474. The van der Waals surface area contributed by atoms with Crippen molar-refractivity contribution >= 4 is 27.4 Å². The molecule has 2 heterocycles. The van der Waals surface area contributed by atoms with Gasteiger partial charge in [0.1, 0.15) is 12.0 Å². The second kappa shape index (κ2) is 5.58. The number of nitrogens with zero attached hydrogens (tertiary/aromatic N) is 4. The lowest BCUT2D eigenvalue weighted by molar-refractivity contribution is -0.385. The van der Waals surface area contributed by atoms with Gasteiger partial charge in [-0.25, -0.2) is 4.98 Å². The Bertz CT molecular complexity index is 612. The summed E-state index contributed by atoms with van der Waals surface area (Å²) in [6, 6.07) is 3.29. The van der Waals surface area contributed by atoms with E-state index in [4.69, 9.17) is 0 Å². The number of aromatic nitrogens is 3. The highest BCUT2D eigenvalue weighted by Gasteiger charge is 2.21. The summed E-state index contributed by atoms with van der Waals surface area (Å²) >= 11 is 3.28. The molecular formula is C12H14BrN5O2. The van der Waals surface area contributed by atoms with E-state index >= 15 is 0 Å². The van der Waals surface area contributed by atoms with Gasteiger partial charge in [0.2, 0.25) is 0 Å². The van der Waals surface area contributed by atoms with Crippen molar-refractivity contribution < 1.29 is 4.92 Å². The lowest BCUT2D eigenvalue weighted by atomic mass is 10.1. The van der Waals surface area contributed by atoms with E-state index in [0.717, 1.165) is 0 Å². The molecule has 0 radical (unpaired) electrons. The first-order valence-electron chi connectivity index (χ1n) is 5.94. The van der Waals surface area contributed by atoms with Gasteiger partial charge in [-0.2, -0.15) is 5.10 Å². The molecule has 0 bridgehead atoms. The zero-order valence-corrected chi connectivity index (χ0v) is 12.7. The highest BCUT2D eigenvalue weighted by atomic mass is 79.9. The molecule has 0 aliphatic rings. The molecular weight excluding hydrogens is 326 g/mol. The van der Waals surface area contributed by atoms with Crippen molar-refractivity contribution in [2.45, 2.75) is 19.4 Å². The number of hydrogen-bond acceptors (Lipinski definition) is 5. The molecule has 2 aromatic rings. The predicted molar refractivity (Wildman–Crippen MR) is 78.6 cm³/mol. The van der Waals surface area contributed by atoms with Crippen molar-refractivity contribution in [1.29, 1.82) is 0 Å². The highest BCUT2D eigenvalue weighted by Crippen LogP contribution is 2.25. The van der Waals surface area contributed by atoms with Crippen LogP contribution in [-0.2, 0) is 5.54 Å². The molecule has 1 N–H and O–H groups in total. The van der Waals surface area contributed by atoms with Gasteiger partial charge in [0, 0.05) is 25.0 Å². The predicted octanol–water partition coefficient (Wildman–Crippen LogP) is 2.80. The first-order chi connectivity index (χ1) is 9.40. The summed E-state index contributed by atoms with van der Waals surface area (Å²) in [6.45, 7) is 4.65. The van der Waals surface area contributed by atoms with E-state index in [2.05, 4.69) is 31.3 Å². The fraction of sp³-hybridized carbons (Fsp3) is 0.333. The van der Waals surface area contributed by atoms with Crippen LogP contribution in [0.5, 0.6) is 0 Å². The first kappa shape index (κ1) is 14.4. The van der Waals surface area contributed by atoms with Gasteiger partial charge in [0.25, 0.3) is 5.69 Å². The van der Waals surface area contributed by atoms with Crippen LogP contribution in [0.15, 0.2) is 35.2 Å². The standard InChI is InChI=1S/C12H14BrN5O2/c1-12(2,17-5-3-4-16-17)8-15-11-10(13)6-9(7-14-11)18(19)20/h3-7H,8H2,1-2H3,(H,14,15). The van der Waals surface area contributed by atoms with Gasteiger partial charge < -0.3 is 5.32 Å². The van der Waals surface area contributed by atoms with Crippen LogP contribution in [-0.4, -0.2) is 26.2 Å². The lowest BCUT2D eigenvalue weighted by Gasteiger charge is -2.26. The fourth-order valence-corrected chi connectivity index (χ4v) is 2.14. The first-order valence-corrected chi connectivity index (χ1v) is 6.73. The molecule has 0 aliphatic heterocycles. The van der Waals surface area contributed by atoms with Crippen molar-refractivity contribution in [2.75, 3.05) is 11.9 Å². The molecule has 8 heteroatoms. The van der Waals surface area contributed by atoms with Crippen LogP contribution in [0.2, 0.25) is 0 Å². The van der Waals surface area contributed by atoms with Gasteiger partial charge >= 0.3 is 0 Å². The molecule has 0 unspecified atom stereocenters. The molecule has 0 atom stereocenters. The van der Waals surface area contributed by atoms with Gasteiger partial charge in [-0.15, -0.1) is 0 Å². The number of pyridine rings is 1. The summed E-state index contributed by atoms with van der Waals surface area (Å²) < 4.78 is 2.40. The number of nitrogens with one attached hydrogen (secondary N) is 1. The molecule has 0 saturated carbocycles. The van der Waals surface area contributed by atoms with Crippen LogP contribution in [0.1, 0.15) is 13.8 Å². The second-order valence-electron chi connectivity index (χ2n) is 4.90. The number of hydrogen-bond donors (Lipinski definition) is 1. The Labute approximate surface area is 124 Å². The molecule has 2 rings (SSSR count). The van der Waals surface area contributed by atoms with Crippen molar-refractivity contribution in [1.82, 2.24) is 14.8 Å². The van der Waals surface area contributed by atoms with Crippen molar-refractivity contribution in [3.63, 3.8) is 0 Å². The minimum Gasteiger partial charge on any atom is -0.367 e. The van der Waals surface area contributed by atoms with Crippen molar-refractivity contribution in [3.8, 4) is 0 Å². The maximum Gasteiger partial charge on any atom is 0.288 e. The Morgan fingerprint density at radius 3 is 2.85 bits per heavy atom. The van der Waals surface area contributed by atoms with Crippen LogP contribution >= 0.6 is 15.9 Å². The summed E-state index contributed by atoms with van der Waals surface area (Å²) in [5, 5.41) is 18.0. The molecule has 20 heavy (non-hydrogen) atoms. The third-order valence-electron chi connectivity index (χ3n) is 2.85. The van der Waals surface area contributed by atoms with Crippen molar-refractivity contribution in [2.24, 2.45) is 0 Å².